The van der Waals surface area contributed by atoms with Crippen LogP contribution < -0.4 is 15.5 Å². The summed E-state index contributed by atoms with van der Waals surface area (Å²) in [7, 11) is 3.54. The van der Waals surface area contributed by atoms with Gasteiger partial charge in [0.2, 0.25) is 17.8 Å². The predicted molar refractivity (Wildman–Crippen MR) is 85.0 cm³/mol. The summed E-state index contributed by atoms with van der Waals surface area (Å²) in [5.74, 6) is 2.39. The molecule has 7 nitrogen and oxygen atoms in total. The molecule has 1 unspecified atom stereocenters. The summed E-state index contributed by atoms with van der Waals surface area (Å²) in [6.07, 6.45) is 3.70. The summed E-state index contributed by atoms with van der Waals surface area (Å²) in [4.78, 5) is 15.6. The standard InChI is InChI=1S/C14H26N6O/c1-11(10-21-3)9-16-13-17-12(15-2)18-14(19-13)20-7-5-4-6-8-20/h11H,4-10H2,1-3H3,(H2,15,16,17,18,19). The molecule has 1 atom stereocenters. The van der Waals surface area contributed by atoms with Crippen LogP contribution in [0.3, 0.4) is 0 Å². The number of nitrogens with zero attached hydrogens (tertiary/aromatic N) is 4. The van der Waals surface area contributed by atoms with E-state index in [9.17, 15) is 0 Å². The van der Waals surface area contributed by atoms with Gasteiger partial charge >= 0.3 is 0 Å². The molecule has 0 aromatic carbocycles. The zero-order valence-corrected chi connectivity index (χ0v) is 13.2. The van der Waals surface area contributed by atoms with Gasteiger partial charge in [-0.15, -0.1) is 0 Å². The summed E-state index contributed by atoms with van der Waals surface area (Å²) in [6, 6.07) is 0. The van der Waals surface area contributed by atoms with Crippen molar-refractivity contribution in [3.8, 4) is 0 Å². The highest BCUT2D eigenvalue weighted by molar-refractivity contribution is 5.43. The molecule has 1 aliphatic heterocycles. The van der Waals surface area contributed by atoms with Crippen LogP contribution in [0.1, 0.15) is 26.2 Å². The summed E-state index contributed by atoms with van der Waals surface area (Å²) in [5, 5.41) is 6.28. The fourth-order valence-electron chi connectivity index (χ4n) is 2.40. The molecular weight excluding hydrogens is 268 g/mol. The average molecular weight is 294 g/mol. The Hall–Kier alpha value is -1.63. The maximum Gasteiger partial charge on any atom is 0.231 e. The number of anilines is 3. The van der Waals surface area contributed by atoms with Gasteiger partial charge in [0, 0.05) is 33.8 Å². The Balaban J connectivity index is 2.05. The third-order valence-electron chi connectivity index (χ3n) is 3.55. The summed E-state index contributed by atoms with van der Waals surface area (Å²) in [6.45, 7) is 5.66. The Morgan fingerprint density at radius 1 is 1.14 bits per heavy atom. The average Bonchev–Trinajstić information content (AvgIpc) is 2.54. The van der Waals surface area contributed by atoms with E-state index in [0.29, 0.717) is 17.8 Å². The monoisotopic (exact) mass is 294 g/mol. The molecule has 0 aliphatic carbocycles. The first kappa shape index (κ1) is 15.8. The molecule has 1 aliphatic rings. The highest BCUT2D eigenvalue weighted by Gasteiger charge is 2.16. The summed E-state index contributed by atoms with van der Waals surface area (Å²) >= 11 is 0. The predicted octanol–water partition coefficient (Wildman–Crippen LogP) is 1.60. The van der Waals surface area contributed by atoms with E-state index in [4.69, 9.17) is 4.74 Å². The third-order valence-corrected chi connectivity index (χ3v) is 3.55. The molecular formula is C14H26N6O. The van der Waals surface area contributed by atoms with Crippen LogP contribution in [0.15, 0.2) is 0 Å². The van der Waals surface area contributed by atoms with Crippen LogP contribution >= 0.6 is 0 Å². The van der Waals surface area contributed by atoms with E-state index < -0.39 is 0 Å². The second kappa shape index (κ2) is 7.97. The fraction of sp³-hybridized carbons (Fsp3) is 0.786. The Morgan fingerprint density at radius 2 is 1.86 bits per heavy atom. The van der Waals surface area contributed by atoms with Crippen LogP contribution in [0.5, 0.6) is 0 Å². The zero-order chi connectivity index (χ0) is 15.1. The van der Waals surface area contributed by atoms with Crippen molar-refractivity contribution in [3.05, 3.63) is 0 Å². The highest BCUT2D eigenvalue weighted by Crippen LogP contribution is 2.18. The molecule has 2 rings (SSSR count). The van der Waals surface area contributed by atoms with Crippen molar-refractivity contribution in [2.45, 2.75) is 26.2 Å². The first-order valence-electron chi connectivity index (χ1n) is 7.64. The zero-order valence-electron chi connectivity index (χ0n) is 13.2. The van der Waals surface area contributed by atoms with Crippen LogP contribution in [0.4, 0.5) is 17.8 Å². The lowest BCUT2D eigenvalue weighted by molar-refractivity contribution is 0.164. The molecule has 118 valence electrons. The Kier molecular flexibility index (Phi) is 5.98. The Labute approximate surface area is 126 Å². The number of piperidine rings is 1. The van der Waals surface area contributed by atoms with Gasteiger partial charge in [-0.2, -0.15) is 15.0 Å². The molecule has 0 spiro atoms. The quantitative estimate of drug-likeness (QED) is 0.791. The SMILES string of the molecule is CNc1nc(NCC(C)COC)nc(N2CCCCC2)n1. The normalized spacial score (nSPS) is 16.6. The van der Waals surface area contributed by atoms with E-state index in [0.717, 1.165) is 32.2 Å². The van der Waals surface area contributed by atoms with Crippen LogP contribution in [0, 0.1) is 5.92 Å². The number of methoxy groups -OCH3 is 1. The first-order valence-corrected chi connectivity index (χ1v) is 7.64. The van der Waals surface area contributed by atoms with Crippen molar-refractivity contribution in [2.24, 2.45) is 5.92 Å². The van der Waals surface area contributed by atoms with Gasteiger partial charge in [-0.3, -0.25) is 0 Å². The molecule has 1 saturated heterocycles. The first-order chi connectivity index (χ1) is 10.2. The Bertz CT molecular complexity index is 435. The number of hydrogen-bond acceptors (Lipinski definition) is 7. The number of rotatable bonds is 7. The molecule has 1 aromatic rings. The molecule has 2 heterocycles. The number of ether oxygens (including phenoxy) is 1. The fourth-order valence-corrected chi connectivity index (χ4v) is 2.40. The van der Waals surface area contributed by atoms with Crippen LogP contribution in [-0.4, -0.2) is 55.4 Å². The molecule has 1 aromatic heterocycles. The van der Waals surface area contributed by atoms with Crippen molar-refractivity contribution in [3.63, 3.8) is 0 Å². The molecule has 0 saturated carbocycles. The summed E-state index contributed by atoms with van der Waals surface area (Å²) < 4.78 is 5.14. The second-order valence-corrected chi connectivity index (χ2v) is 5.52. The maximum atomic E-state index is 5.14. The van der Waals surface area contributed by atoms with E-state index in [1.807, 2.05) is 7.05 Å². The van der Waals surface area contributed by atoms with Gasteiger partial charge in [0.25, 0.3) is 0 Å². The van der Waals surface area contributed by atoms with Crippen molar-refractivity contribution < 1.29 is 4.74 Å². The number of nitrogens with one attached hydrogen (secondary N) is 2. The van der Waals surface area contributed by atoms with Crippen molar-refractivity contribution in [1.82, 2.24) is 15.0 Å². The van der Waals surface area contributed by atoms with Gasteiger partial charge in [0.15, 0.2) is 0 Å². The van der Waals surface area contributed by atoms with Crippen LogP contribution in [0.25, 0.3) is 0 Å². The van der Waals surface area contributed by atoms with Crippen molar-refractivity contribution >= 4 is 17.8 Å². The minimum atomic E-state index is 0.406. The van der Waals surface area contributed by atoms with Crippen LogP contribution in [0.2, 0.25) is 0 Å². The smallest absolute Gasteiger partial charge is 0.231 e. The molecule has 21 heavy (non-hydrogen) atoms. The lowest BCUT2D eigenvalue weighted by atomic mass is 10.1. The van der Waals surface area contributed by atoms with Gasteiger partial charge in [0.1, 0.15) is 0 Å². The molecule has 7 heteroatoms. The molecule has 2 N–H and O–H groups in total. The second-order valence-electron chi connectivity index (χ2n) is 5.52. The molecule has 0 bridgehead atoms. The van der Waals surface area contributed by atoms with Gasteiger partial charge < -0.3 is 20.3 Å². The largest absolute Gasteiger partial charge is 0.384 e. The van der Waals surface area contributed by atoms with Crippen molar-refractivity contribution in [1.29, 1.82) is 0 Å². The lowest BCUT2D eigenvalue weighted by Crippen LogP contribution is -2.31. The highest BCUT2D eigenvalue weighted by atomic mass is 16.5. The summed E-state index contributed by atoms with van der Waals surface area (Å²) in [5.41, 5.74) is 0. The van der Waals surface area contributed by atoms with E-state index in [2.05, 4.69) is 37.4 Å². The minimum absolute atomic E-state index is 0.406. The molecule has 1 fully saturated rings. The number of aromatic nitrogens is 3. The van der Waals surface area contributed by atoms with Gasteiger partial charge in [0.05, 0.1) is 6.61 Å². The maximum absolute atomic E-state index is 5.14. The number of hydrogen-bond donors (Lipinski definition) is 2. The lowest BCUT2D eigenvalue weighted by Gasteiger charge is -2.27. The Morgan fingerprint density at radius 3 is 2.52 bits per heavy atom. The van der Waals surface area contributed by atoms with E-state index in [1.54, 1.807) is 7.11 Å². The van der Waals surface area contributed by atoms with Gasteiger partial charge in [-0.05, 0) is 25.2 Å². The molecule has 0 radical (unpaired) electrons. The van der Waals surface area contributed by atoms with E-state index >= 15 is 0 Å². The molecule has 0 amide bonds. The van der Waals surface area contributed by atoms with Gasteiger partial charge in [-0.1, -0.05) is 6.92 Å². The van der Waals surface area contributed by atoms with E-state index in [-0.39, 0.29) is 0 Å². The van der Waals surface area contributed by atoms with Gasteiger partial charge in [-0.25, -0.2) is 0 Å². The van der Waals surface area contributed by atoms with E-state index in [1.165, 1.54) is 19.3 Å². The van der Waals surface area contributed by atoms with Crippen LogP contribution in [-0.2, 0) is 4.74 Å². The third kappa shape index (κ3) is 4.70. The van der Waals surface area contributed by atoms with Crippen molar-refractivity contribution in [2.75, 3.05) is 55.9 Å². The topological polar surface area (TPSA) is 75.2 Å². The minimum Gasteiger partial charge on any atom is -0.384 e.